The highest BCUT2D eigenvalue weighted by atomic mass is 35.5. The van der Waals surface area contributed by atoms with E-state index >= 15 is 0 Å². The van der Waals surface area contributed by atoms with Crippen molar-refractivity contribution in [3.05, 3.63) is 189 Å². The second kappa shape index (κ2) is 13.3. The number of carbonyl (C=O) groups is 4. The number of amides is 4. The van der Waals surface area contributed by atoms with Gasteiger partial charge in [0.2, 0.25) is 11.8 Å². The average Bonchev–Trinajstić information content (AvgIpc) is 3.59. The molecule has 10 heteroatoms. The van der Waals surface area contributed by atoms with E-state index in [0.717, 1.165) is 11.1 Å². The number of hydrogen-bond acceptors (Lipinski definition) is 4. The average molecular weight is 752 g/mol. The van der Waals surface area contributed by atoms with E-state index in [9.17, 15) is 19.2 Å². The Bertz CT molecular complexity index is 2340. The molecule has 4 amide bonds. The molecular formula is C44H32Cl2N4O4. The first kappa shape index (κ1) is 34.8. The SMILES string of the molecule is CC(=O)N1c2ccc(NC(=O)c3ccccc3Cl)cc2[C@]2(c3ccccc3)N(C(C)=O)c3ccc(NC(=O)c4ccccc4Cl)cc3[C@]12c1ccccc1. The zero-order valence-corrected chi connectivity index (χ0v) is 30.7. The standard InChI is InChI=1S/C44H32Cl2N4O4/c1-27(51)49-39-23-21-31(47-41(53)33-17-9-11-19-37(33)45)25-35(39)44(30-15-7-4-8-16-30)43(49,29-13-5-3-6-14-29)36-26-32(22-24-40(36)50(44)28(2)52)48-42(54)34-18-10-12-20-38(34)46/h3-26H,1-2H3,(H,47,53)(H,48,54)/t43-,44-/m0/s1. The van der Waals surface area contributed by atoms with Crippen LogP contribution in [0.25, 0.3) is 0 Å². The summed E-state index contributed by atoms with van der Waals surface area (Å²) in [5, 5.41) is 6.60. The lowest BCUT2D eigenvalue weighted by Crippen LogP contribution is -2.62. The molecule has 6 aromatic rings. The highest BCUT2D eigenvalue weighted by Gasteiger charge is 2.73. The van der Waals surface area contributed by atoms with Crippen molar-refractivity contribution in [2.75, 3.05) is 20.4 Å². The van der Waals surface area contributed by atoms with Crippen LogP contribution >= 0.6 is 23.2 Å². The molecule has 0 spiro atoms. The first-order chi connectivity index (χ1) is 26.1. The van der Waals surface area contributed by atoms with Crippen molar-refractivity contribution in [3.63, 3.8) is 0 Å². The summed E-state index contributed by atoms with van der Waals surface area (Å²) in [6.45, 7) is 3.00. The first-order valence-corrected chi connectivity index (χ1v) is 18.0. The molecular weight excluding hydrogens is 719 g/mol. The number of halogens is 2. The van der Waals surface area contributed by atoms with Gasteiger partial charge >= 0.3 is 0 Å². The molecule has 2 aliphatic heterocycles. The Hall–Kier alpha value is -6.22. The van der Waals surface area contributed by atoms with E-state index in [1.165, 1.54) is 13.8 Å². The lowest BCUT2D eigenvalue weighted by atomic mass is 9.65. The van der Waals surface area contributed by atoms with Gasteiger partial charge in [-0.3, -0.25) is 29.0 Å². The van der Waals surface area contributed by atoms with Crippen LogP contribution in [0.1, 0.15) is 56.8 Å². The first-order valence-electron chi connectivity index (χ1n) is 17.2. The van der Waals surface area contributed by atoms with Gasteiger partial charge in [-0.05, 0) is 71.8 Å². The summed E-state index contributed by atoms with van der Waals surface area (Å²) in [7, 11) is 0. The summed E-state index contributed by atoms with van der Waals surface area (Å²) in [5.41, 5.74) is 2.41. The van der Waals surface area contributed by atoms with Crippen LogP contribution in [0.3, 0.4) is 0 Å². The summed E-state index contributed by atoms with van der Waals surface area (Å²) in [6, 6.07) is 43.5. The summed E-state index contributed by atoms with van der Waals surface area (Å²) < 4.78 is 0. The summed E-state index contributed by atoms with van der Waals surface area (Å²) in [5.74, 6) is -1.40. The third-order valence-corrected chi connectivity index (χ3v) is 10.9. The fourth-order valence-electron chi connectivity index (χ4n) is 8.36. The predicted molar refractivity (Wildman–Crippen MR) is 212 cm³/mol. The van der Waals surface area contributed by atoms with Gasteiger partial charge in [0, 0.05) is 36.3 Å². The van der Waals surface area contributed by atoms with Crippen LogP contribution < -0.4 is 20.4 Å². The van der Waals surface area contributed by atoms with Gasteiger partial charge in [-0.15, -0.1) is 0 Å². The van der Waals surface area contributed by atoms with Crippen LogP contribution in [0.2, 0.25) is 10.0 Å². The summed E-state index contributed by atoms with van der Waals surface area (Å²) in [6.07, 6.45) is 0. The molecule has 0 fully saturated rings. The Morgan fingerprint density at radius 3 is 1.19 bits per heavy atom. The second-order valence-corrected chi connectivity index (χ2v) is 14.0. The Kier molecular flexibility index (Phi) is 8.60. The van der Waals surface area contributed by atoms with E-state index in [-0.39, 0.29) is 11.8 Å². The van der Waals surface area contributed by atoms with Gasteiger partial charge in [0.15, 0.2) is 0 Å². The number of hydrogen-bond donors (Lipinski definition) is 2. The molecule has 0 radical (unpaired) electrons. The van der Waals surface area contributed by atoms with Gasteiger partial charge in [0.05, 0.1) is 32.5 Å². The molecule has 0 unspecified atom stereocenters. The summed E-state index contributed by atoms with van der Waals surface area (Å²) in [4.78, 5) is 59.5. The number of carbonyl (C=O) groups excluding carboxylic acids is 4. The van der Waals surface area contributed by atoms with E-state index in [2.05, 4.69) is 10.6 Å². The van der Waals surface area contributed by atoms with Crippen molar-refractivity contribution in [2.24, 2.45) is 0 Å². The second-order valence-electron chi connectivity index (χ2n) is 13.2. The van der Waals surface area contributed by atoms with Crippen LogP contribution in [0.15, 0.2) is 146 Å². The van der Waals surface area contributed by atoms with Crippen molar-refractivity contribution in [3.8, 4) is 0 Å². The normalized spacial score (nSPS) is 18.0. The van der Waals surface area contributed by atoms with Crippen LogP contribution in [-0.2, 0) is 20.7 Å². The minimum absolute atomic E-state index is 0.285. The molecule has 6 aromatic carbocycles. The highest BCUT2D eigenvalue weighted by molar-refractivity contribution is 6.35. The lowest BCUT2D eigenvalue weighted by molar-refractivity contribution is -0.119. The largest absolute Gasteiger partial charge is 0.322 e. The molecule has 266 valence electrons. The van der Waals surface area contributed by atoms with Crippen LogP contribution in [0.4, 0.5) is 22.7 Å². The number of rotatable bonds is 6. The Labute approximate surface area is 321 Å². The Morgan fingerprint density at radius 2 is 0.833 bits per heavy atom. The molecule has 0 saturated carbocycles. The topological polar surface area (TPSA) is 98.8 Å². The van der Waals surface area contributed by atoms with Gasteiger partial charge in [0.1, 0.15) is 11.1 Å². The van der Waals surface area contributed by atoms with Crippen LogP contribution in [0, 0.1) is 0 Å². The van der Waals surface area contributed by atoms with Crippen LogP contribution in [-0.4, -0.2) is 23.6 Å². The van der Waals surface area contributed by atoms with Gasteiger partial charge in [-0.2, -0.15) is 0 Å². The minimum Gasteiger partial charge on any atom is -0.322 e. The fraction of sp³-hybridized carbons (Fsp3) is 0.0909. The van der Waals surface area contributed by atoms with E-state index in [4.69, 9.17) is 23.2 Å². The van der Waals surface area contributed by atoms with Crippen molar-refractivity contribution in [2.45, 2.75) is 24.9 Å². The zero-order chi connectivity index (χ0) is 37.8. The number of nitrogens with one attached hydrogen (secondary N) is 2. The molecule has 0 aliphatic carbocycles. The van der Waals surface area contributed by atoms with Gasteiger partial charge in [-0.1, -0.05) is 108 Å². The molecule has 2 heterocycles. The molecule has 0 bridgehead atoms. The fourth-order valence-corrected chi connectivity index (χ4v) is 8.80. The van der Waals surface area contributed by atoms with E-state index < -0.39 is 22.9 Å². The van der Waals surface area contributed by atoms with Crippen molar-refractivity contribution in [1.29, 1.82) is 0 Å². The van der Waals surface area contributed by atoms with Gasteiger partial charge in [0.25, 0.3) is 11.8 Å². The van der Waals surface area contributed by atoms with Gasteiger partial charge < -0.3 is 10.6 Å². The summed E-state index contributed by atoms with van der Waals surface area (Å²) >= 11 is 12.8. The molecule has 8 rings (SSSR count). The molecule has 2 atom stereocenters. The zero-order valence-electron chi connectivity index (χ0n) is 29.1. The molecule has 54 heavy (non-hydrogen) atoms. The number of fused-ring (bicyclic) bond motifs is 5. The van der Waals surface area contributed by atoms with E-state index in [0.29, 0.717) is 55.0 Å². The van der Waals surface area contributed by atoms with Crippen molar-refractivity contribution >= 4 is 69.6 Å². The number of anilines is 4. The molecule has 2 N–H and O–H groups in total. The van der Waals surface area contributed by atoms with Crippen molar-refractivity contribution in [1.82, 2.24) is 0 Å². The maximum absolute atomic E-state index is 14.4. The molecule has 8 nitrogen and oxygen atoms in total. The predicted octanol–water partition coefficient (Wildman–Crippen LogP) is 9.42. The molecule has 0 aromatic heterocycles. The van der Waals surface area contributed by atoms with Gasteiger partial charge in [-0.25, -0.2) is 0 Å². The smallest absolute Gasteiger partial charge is 0.257 e. The van der Waals surface area contributed by atoms with Crippen molar-refractivity contribution < 1.29 is 19.2 Å². The Balaban J connectivity index is 1.43. The number of benzene rings is 6. The number of nitrogens with zero attached hydrogens (tertiary/aromatic N) is 2. The molecule has 0 saturated heterocycles. The maximum atomic E-state index is 14.4. The maximum Gasteiger partial charge on any atom is 0.257 e. The third-order valence-electron chi connectivity index (χ3n) is 10.2. The third kappa shape index (κ3) is 5.05. The molecule has 2 aliphatic rings. The monoisotopic (exact) mass is 750 g/mol. The quantitative estimate of drug-likeness (QED) is 0.177. The minimum atomic E-state index is -1.42. The lowest BCUT2D eigenvalue weighted by Gasteiger charge is -2.49. The Morgan fingerprint density at radius 1 is 0.481 bits per heavy atom. The highest BCUT2D eigenvalue weighted by Crippen LogP contribution is 2.70. The van der Waals surface area contributed by atoms with E-state index in [1.807, 2.05) is 72.8 Å². The van der Waals surface area contributed by atoms with E-state index in [1.54, 1.807) is 82.6 Å². The van der Waals surface area contributed by atoms with Crippen LogP contribution in [0.5, 0.6) is 0 Å².